The number of methoxy groups -OCH3 is 1. The van der Waals surface area contributed by atoms with Crippen molar-refractivity contribution < 1.29 is 13.2 Å². The summed E-state index contributed by atoms with van der Waals surface area (Å²) in [6.45, 7) is 1.54. The molecule has 7 heteroatoms. The van der Waals surface area contributed by atoms with E-state index in [1.54, 1.807) is 0 Å². The Bertz CT molecular complexity index is 616. The SMILES string of the molecule is COc1cc(C#N)ccc1S(=O)(=O)N[C@@H]1CCCNC1. The predicted octanol–water partition coefficient (Wildman–Crippen LogP) is 0.597. The fraction of sp³-hybridized carbons (Fsp3) is 0.462. The summed E-state index contributed by atoms with van der Waals surface area (Å²) in [5.74, 6) is 0.181. The third kappa shape index (κ3) is 3.28. The maximum Gasteiger partial charge on any atom is 0.244 e. The topological polar surface area (TPSA) is 91.2 Å². The lowest BCUT2D eigenvalue weighted by Crippen LogP contribution is -2.45. The largest absolute Gasteiger partial charge is 0.495 e. The zero-order chi connectivity index (χ0) is 14.6. The van der Waals surface area contributed by atoms with Gasteiger partial charge in [0.25, 0.3) is 0 Å². The molecule has 2 N–H and O–H groups in total. The minimum atomic E-state index is -3.65. The zero-order valence-corrected chi connectivity index (χ0v) is 12.0. The lowest BCUT2D eigenvalue weighted by Gasteiger charge is -2.24. The smallest absolute Gasteiger partial charge is 0.244 e. The number of ether oxygens (including phenoxy) is 1. The summed E-state index contributed by atoms with van der Waals surface area (Å²) in [5.41, 5.74) is 0.361. The molecule has 0 unspecified atom stereocenters. The highest BCUT2D eigenvalue weighted by molar-refractivity contribution is 7.89. The molecule has 1 aliphatic rings. The molecule has 0 aliphatic carbocycles. The average molecular weight is 295 g/mol. The number of nitrogens with zero attached hydrogens (tertiary/aromatic N) is 1. The van der Waals surface area contributed by atoms with Gasteiger partial charge in [-0.25, -0.2) is 13.1 Å². The number of hydrogen-bond acceptors (Lipinski definition) is 5. The van der Waals surface area contributed by atoms with Crippen LogP contribution in [0.2, 0.25) is 0 Å². The summed E-state index contributed by atoms with van der Waals surface area (Å²) in [4.78, 5) is 0.0598. The number of benzene rings is 1. The van der Waals surface area contributed by atoms with Crippen molar-refractivity contribution in [2.75, 3.05) is 20.2 Å². The van der Waals surface area contributed by atoms with Gasteiger partial charge in [-0.3, -0.25) is 0 Å². The van der Waals surface area contributed by atoms with E-state index in [0.29, 0.717) is 12.1 Å². The summed E-state index contributed by atoms with van der Waals surface area (Å²) in [6.07, 6.45) is 1.75. The number of nitriles is 1. The van der Waals surface area contributed by atoms with Crippen molar-refractivity contribution >= 4 is 10.0 Å². The van der Waals surface area contributed by atoms with Gasteiger partial charge in [0.2, 0.25) is 10.0 Å². The fourth-order valence-corrected chi connectivity index (χ4v) is 3.62. The standard InChI is InChI=1S/C13H17N3O3S/c1-19-12-7-10(8-14)4-5-13(12)20(17,18)16-11-3-2-6-15-9-11/h4-5,7,11,15-16H,2-3,6,9H2,1H3/t11-/m1/s1. The molecule has 0 spiro atoms. The molecule has 1 atom stereocenters. The predicted molar refractivity (Wildman–Crippen MR) is 73.9 cm³/mol. The van der Waals surface area contributed by atoms with E-state index in [2.05, 4.69) is 10.0 Å². The maximum atomic E-state index is 12.4. The molecule has 1 aromatic rings. The van der Waals surface area contributed by atoms with Crippen LogP contribution in [-0.4, -0.2) is 34.7 Å². The second kappa shape index (κ2) is 6.22. The summed E-state index contributed by atoms with van der Waals surface area (Å²) in [5, 5.41) is 12.0. The van der Waals surface area contributed by atoms with Crippen LogP contribution in [0.5, 0.6) is 5.75 Å². The third-order valence-corrected chi connectivity index (χ3v) is 4.76. The van der Waals surface area contributed by atoms with Gasteiger partial charge in [0.15, 0.2) is 0 Å². The van der Waals surface area contributed by atoms with Crippen LogP contribution < -0.4 is 14.8 Å². The number of hydrogen-bond donors (Lipinski definition) is 2. The summed E-state index contributed by atoms with van der Waals surface area (Å²) in [7, 11) is -2.27. The first-order chi connectivity index (χ1) is 9.56. The molecule has 1 aromatic carbocycles. The van der Waals surface area contributed by atoms with Crippen LogP contribution in [0, 0.1) is 11.3 Å². The molecule has 0 saturated carbocycles. The van der Waals surface area contributed by atoms with Gasteiger partial charge < -0.3 is 10.1 Å². The van der Waals surface area contributed by atoms with Crippen molar-refractivity contribution in [1.29, 1.82) is 5.26 Å². The quantitative estimate of drug-likeness (QED) is 0.848. The van der Waals surface area contributed by atoms with Crippen LogP contribution >= 0.6 is 0 Å². The Kier molecular flexibility index (Phi) is 4.60. The van der Waals surface area contributed by atoms with Gasteiger partial charge in [-0.1, -0.05) is 0 Å². The van der Waals surface area contributed by atoms with E-state index in [1.165, 1.54) is 25.3 Å². The van der Waals surface area contributed by atoms with Crippen molar-refractivity contribution in [2.45, 2.75) is 23.8 Å². The first kappa shape index (κ1) is 14.8. The first-order valence-corrected chi connectivity index (χ1v) is 7.86. The molecule has 0 aromatic heterocycles. The number of sulfonamides is 1. The minimum Gasteiger partial charge on any atom is -0.495 e. The van der Waals surface area contributed by atoms with Crippen LogP contribution in [0.4, 0.5) is 0 Å². The molecule has 108 valence electrons. The second-order valence-corrected chi connectivity index (χ2v) is 6.32. The highest BCUT2D eigenvalue weighted by Crippen LogP contribution is 2.25. The average Bonchev–Trinajstić information content (AvgIpc) is 2.47. The molecular formula is C13H17N3O3S. The van der Waals surface area contributed by atoms with E-state index in [-0.39, 0.29) is 16.7 Å². The van der Waals surface area contributed by atoms with Crippen LogP contribution in [-0.2, 0) is 10.0 Å². The lowest BCUT2D eigenvalue weighted by atomic mass is 10.1. The van der Waals surface area contributed by atoms with E-state index >= 15 is 0 Å². The summed E-state index contributed by atoms with van der Waals surface area (Å²) < 4.78 is 32.5. The minimum absolute atomic E-state index is 0.0598. The molecule has 1 fully saturated rings. The van der Waals surface area contributed by atoms with Crippen molar-refractivity contribution in [2.24, 2.45) is 0 Å². The highest BCUT2D eigenvalue weighted by Gasteiger charge is 2.24. The van der Waals surface area contributed by atoms with Gasteiger partial charge in [-0.15, -0.1) is 0 Å². The van der Waals surface area contributed by atoms with Crippen molar-refractivity contribution in [1.82, 2.24) is 10.0 Å². The summed E-state index contributed by atoms with van der Waals surface area (Å²) >= 11 is 0. The first-order valence-electron chi connectivity index (χ1n) is 6.38. The molecule has 0 amide bonds. The molecule has 20 heavy (non-hydrogen) atoms. The van der Waals surface area contributed by atoms with Gasteiger partial charge in [-0.2, -0.15) is 5.26 Å². The Balaban J connectivity index is 2.26. The summed E-state index contributed by atoms with van der Waals surface area (Å²) in [6, 6.07) is 6.13. The van der Waals surface area contributed by atoms with Crippen LogP contribution in [0.1, 0.15) is 18.4 Å². The molecular weight excluding hydrogens is 278 g/mol. The van der Waals surface area contributed by atoms with Gasteiger partial charge in [0, 0.05) is 12.6 Å². The van der Waals surface area contributed by atoms with Crippen molar-refractivity contribution in [3.05, 3.63) is 23.8 Å². The number of rotatable bonds is 4. The Hall–Kier alpha value is -1.62. The molecule has 0 radical (unpaired) electrons. The van der Waals surface area contributed by atoms with E-state index < -0.39 is 10.0 Å². The third-order valence-electron chi connectivity index (χ3n) is 3.20. The Morgan fingerprint density at radius 1 is 1.50 bits per heavy atom. The monoisotopic (exact) mass is 295 g/mol. The maximum absolute atomic E-state index is 12.4. The Morgan fingerprint density at radius 3 is 2.90 bits per heavy atom. The van der Waals surface area contributed by atoms with Crippen molar-refractivity contribution in [3.8, 4) is 11.8 Å². The van der Waals surface area contributed by atoms with Gasteiger partial charge in [-0.05, 0) is 37.6 Å². The second-order valence-electron chi connectivity index (χ2n) is 4.64. The van der Waals surface area contributed by atoms with Gasteiger partial charge in [0.1, 0.15) is 10.6 Å². The number of piperidine rings is 1. The van der Waals surface area contributed by atoms with Gasteiger partial charge >= 0.3 is 0 Å². The molecule has 1 aliphatic heterocycles. The molecule has 1 saturated heterocycles. The lowest BCUT2D eigenvalue weighted by molar-refractivity contribution is 0.399. The van der Waals surface area contributed by atoms with Crippen LogP contribution in [0.3, 0.4) is 0 Å². The zero-order valence-electron chi connectivity index (χ0n) is 11.2. The molecule has 1 heterocycles. The van der Waals surface area contributed by atoms with E-state index in [4.69, 9.17) is 10.00 Å². The van der Waals surface area contributed by atoms with E-state index in [9.17, 15) is 8.42 Å². The van der Waals surface area contributed by atoms with Crippen LogP contribution in [0.25, 0.3) is 0 Å². The Labute approximate surface area is 118 Å². The molecule has 2 rings (SSSR count). The molecule has 0 bridgehead atoms. The van der Waals surface area contributed by atoms with E-state index in [1.807, 2.05) is 6.07 Å². The number of nitrogens with one attached hydrogen (secondary N) is 2. The fourth-order valence-electron chi connectivity index (χ4n) is 2.19. The van der Waals surface area contributed by atoms with Gasteiger partial charge in [0.05, 0.1) is 18.7 Å². The highest BCUT2D eigenvalue weighted by atomic mass is 32.2. The van der Waals surface area contributed by atoms with Crippen LogP contribution in [0.15, 0.2) is 23.1 Å². The van der Waals surface area contributed by atoms with E-state index in [0.717, 1.165) is 19.4 Å². The Morgan fingerprint density at radius 2 is 2.30 bits per heavy atom. The van der Waals surface area contributed by atoms with Crippen molar-refractivity contribution in [3.63, 3.8) is 0 Å². The molecule has 6 nitrogen and oxygen atoms in total. The normalized spacial score (nSPS) is 19.3.